The molecular formula is C8H10O5Si. The molecule has 0 bridgehead atoms. The molecule has 0 fully saturated rings. The number of hydrogen-bond donors (Lipinski definition) is 3. The summed E-state index contributed by atoms with van der Waals surface area (Å²) in [4.78, 5) is 36.6. The summed E-state index contributed by atoms with van der Waals surface area (Å²) in [6.07, 6.45) is 0. The highest BCUT2D eigenvalue weighted by atomic mass is 28.4. The zero-order chi connectivity index (χ0) is 10.8. The number of rotatable bonds is 2. The van der Waals surface area contributed by atoms with Gasteiger partial charge in [-0.25, -0.2) is 4.79 Å². The maximum absolute atomic E-state index is 11.1. The molecule has 5 nitrogen and oxygen atoms in total. The summed E-state index contributed by atoms with van der Waals surface area (Å²) in [5, 5.41) is 0. The fraction of sp³-hybridized carbons (Fsp3) is 0.125. The molecule has 76 valence electrons. The molecular weight excluding hydrogens is 204 g/mol. The first-order valence-electron chi connectivity index (χ1n) is 3.85. The Kier molecular flexibility index (Phi) is 3.02. The molecule has 1 aromatic rings. The first-order chi connectivity index (χ1) is 6.38. The number of carbonyl (C=O) groups excluding carboxylic acids is 1. The summed E-state index contributed by atoms with van der Waals surface area (Å²) in [5.41, 5.74) is 1.12. The Morgan fingerprint density at radius 1 is 1.21 bits per heavy atom. The van der Waals surface area contributed by atoms with Crippen LogP contribution in [0.4, 0.5) is 0 Å². The second-order valence-corrected chi connectivity index (χ2v) is 4.18. The molecule has 14 heavy (non-hydrogen) atoms. The summed E-state index contributed by atoms with van der Waals surface area (Å²) in [5.74, 6) is -0.954. The number of benzene rings is 1. The van der Waals surface area contributed by atoms with E-state index in [1.54, 1.807) is 12.1 Å². The minimum Gasteiger partial charge on any atom is -0.448 e. The Morgan fingerprint density at radius 2 is 1.71 bits per heavy atom. The zero-order valence-corrected chi connectivity index (χ0v) is 8.47. The predicted octanol–water partition coefficient (Wildman–Crippen LogP) is -0.436. The summed E-state index contributed by atoms with van der Waals surface area (Å²) >= 11 is 0. The lowest BCUT2D eigenvalue weighted by Gasteiger charge is -2.09. The first kappa shape index (κ1) is 10.9. The third-order valence-electron chi connectivity index (χ3n) is 1.52. The van der Waals surface area contributed by atoms with Crippen molar-refractivity contribution < 1.29 is 23.6 Å². The third-order valence-corrected chi connectivity index (χ3v) is 1.98. The van der Waals surface area contributed by atoms with E-state index in [1.807, 2.05) is 6.92 Å². The van der Waals surface area contributed by atoms with Crippen molar-refractivity contribution in [3.8, 4) is 0 Å². The Balaban J connectivity index is 2.76. The predicted molar refractivity (Wildman–Crippen MR) is 49.0 cm³/mol. The van der Waals surface area contributed by atoms with Crippen LogP contribution < -0.4 is 0 Å². The van der Waals surface area contributed by atoms with Crippen molar-refractivity contribution in [3.63, 3.8) is 0 Å². The molecule has 0 aliphatic heterocycles. The monoisotopic (exact) mass is 214 g/mol. The van der Waals surface area contributed by atoms with Crippen molar-refractivity contribution in [1.82, 2.24) is 0 Å². The molecule has 0 aromatic heterocycles. The lowest BCUT2D eigenvalue weighted by atomic mass is 10.2. The third kappa shape index (κ3) is 3.27. The fourth-order valence-electron chi connectivity index (χ4n) is 0.873. The molecule has 0 spiro atoms. The van der Waals surface area contributed by atoms with Gasteiger partial charge in [0, 0.05) is 0 Å². The second kappa shape index (κ2) is 3.89. The molecule has 1 rings (SSSR count). The quantitative estimate of drug-likeness (QED) is 0.581. The van der Waals surface area contributed by atoms with Crippen LogP contribution in [0.5, 0.6) is 0 Å². The normalized spacial score (nSPS) is 11.1. The van der Waals surface area contributed by atoms with Gasteiger partial charge < -0.3 is 18.8 Å². The minimum absolute atomic E-state index is 0.157. The van der Waals surface area contributed by atoms with Crippen LogP contribution in [0.1, 0.15) is 15.9 Å². The average Bonchev–Trinajstić information content (AvgIpc) is 2.02. The highest BCUT2D eigenvalue weighted by molar-refractivity contribution is 6.51. The van der Waals surface area contributed by atoms with Crippen molar-refractivity contribution in [2.75, 3.05) is 0 Å². The minimum atomic E-state index is -4.77. The molecule has 0 radical (unpaired) electrons. The van der Waals surface area contributed by atoms with Gasteiger partial charge in [0.05, 0.1) is 5.56 Å². The van der Waals surface area contributed by atoms with Crippen LogP contribution in [-0.2, 0) is 4.43 Å². The van der Waals surface area contributed by atoms with Crippen LogP contribution in [0, 0.1) is 6.92 Å². The van der Waals surface area contributed by atoms with E-state index in [-0.39, 0.29) is 5.56 Å². The maximum atomic E-state index is 11.1. The fourth-order valence-corrected chi connectivity index (χ4v) is 1.24. The lowest BCUT2D eigenvalue weighted by molar-refractivity contribution is 0.0400. The smallest absolute Gasteiger partial charge is 0.448 e. The SMILES string of the molecule is Cc1ccc(C(=O)O[Si](O)(O)O)cc1. The van der Waals surface area contributed by atoms with Crippen molar-refractivity contribution in [2.45, 2.75) is 6.92 Å². The van der Waals surface area contributed by atoms with Crippen molar-refractivity contribution in [3.05, 3.63) is 35.4 Å². The van der Waals surface area contributed by atoms with E-state index >= 15 is 0 Å². The van der Waals surface area contributed by atoms with Crippen LogP contribution in [0.3, 0.4) is 0 Å². The lowest BCUT2D eigenvalue weighted by Crippen LogP contribution is -2.41. The van der Waals surface area contributed by atoms with E-state index in [1.165, 1.54) is 12.1 Å². The molecule has 1 aromatic carbocycles. The van der Waals surface area contributed by atoms with Gasteiger partial charge in [0.2, 0.25) is 0 Å². The topological polar surface area (TPSA) is 87.0 Å². The van der Waals surface area contributed by atoms with E-state index in [9.17, 15) is 4.79 Å². The Labute approximate surface area is 81.7 Å². The molecule has 0 heterocycles. The molecule has 0 unspecified atom stereocenters. The Bertz CT molecular complexity index is 327. The molecule has 0 saturated carbocycles. The number of aryl methyl sites for hydroxylation is 1. The molecule has 0 amide bonds. The maximum Gasteiger partial charge on any atom is 0.743 e. The number of carbonyl (C=O) groups is 1. The van der Waals surface area contributed by atoms with Crippen LogP contribution in [0.2, 0.25) is 0 Å². The summed E-state index contributed by atoms with van der Waals surface area (Å²) < 4.78 is 4.03. The van der Waals surface area contributed by atoms with Crippen molar-refractivity contribution in [1.29, 1.82) is 0 Å². The van der Waals surface area contributed by atoms with Gasteiger partial charge in [-0.3, -0.25) is 0 Å². The van der Waals surface area contributed by atoms with E-state index < -0.39 is 15.0 Å². The standard InChI is InChI=1S/C8H10O5Si/c1-6-2-4-7(5-3-6)8(9)13-14(10,11)12/h2-5,10-12H,1H3. The molecule has 0 saturated heterocycles. The molecule has 0 aliphatic carbocycles. The largest absolute Gasteiger partial charge is 0.743 e. The van der Waals surface area contributed by atoms with E-state index in [0.717, 1.165) is 5.56 Å². The van der Waals surface area contributed by atoms with Gasteiger partial charge >= 0.3 is 15.0 Å². The highest BCUT2D eigenvalue weighted by Crippen LogP contribution is 2.06. The zero-order valence-electron chi connectivity index (χ0n) is 7.47. The van der Waals surface area contributed by atoms with Gasteiger partial charge in [0.15, 0.2) is 0 Å². The van der Waals surface area contributed by atoms with Gasteiger partial charge in [0.25, 0.3) is 0 Å². The van der Waals surface area contributed by atoms with Crippen LogP contribution in [0.25, 0.3) is 0 Å². The van der Waals surface area contributed by atoms with Gasteiger partial charge in [0.1, 0.15) is 0 Å². The van der Waals surface area contributed by atoms with Crippen LogP contribution in [-0.4, -0.2) is 29.4 Å². The van der Waals surface area contributed by atoms with Crippen molar-refractivity contribution in [2.24, 2.45) is 0 Å². The van der Waals surface area contributed by atoms with Crippen molar-refractivity contribution >= 4 is 15.0 Å². The van der Waals surface area contributed by atoms with Gasteiger partial charge in [-0.05, 0) is 19.1 Å². The number of hydrogen-bond acceptors (Lipinski definition) is 5. The van der Waals surface area contributed by atoms with Crippen LogP contribution >= 0.6 is 0 Å². The molecule has 6 heteroatoms. The first-order valence-corrected chi connectivity index (χ1v) is 5.60. The summed E-state index contributed by atoms with van der Waals surface area (Å²) in [7, 11) is -4.77. The highest BCUT2D eigenvalue weighted by Gasteiger charge is 2.36. The second-order valence-electron chi connectivity index (χ2n) is 2.83. The Hall–Kier alpha value is -1.21. The van der Waals surface area contributed by atoms with E-state index in [2.05, 4.69) is 4.43 Å². The molecule has 0 atom stereocenters. The molecule has 0 aliphatic rings. The van der Waals surface area contributed by atoms with Crippen LogP contribution in [0.15, 0.2) is 24.3 Å². The summed E-state index contributed by atoms with van der Waals surface area (Å²) in [6.45, 7) is 1.85. The van der Waals surface area contributed by atoms with Gasteiger partial charge in [-0.1, -0.05) is 17.7 Å². The molecule has 3 N–H and O–H groups in total. The summed E-state index contributed by atoms with van der Waals surface area (Å²) in [6, 6.07) is 6.29. The van der Waals surface area contributed by atoms with E-state index in [0.29, 0.717) is 0 Å². The van der Waals surface area contributed by atoms with Gasteiger partial charge in [-0.2, -0.15) is 0 Å². The van der Waals surface area contributed by atoms with Gasteiger partial charge in [-0.15, -0.1) is 0 Å². The average molecular weight is 214 g/mol. The Morgan fingerprint density at radius 3 is 2.14 bits per heavy atom. The van der Waals surface area contributed by atoms with E-state index in [4.69, 9.17) is 14.4 Å².